The van der Waals surface area contributed by atoms with E-state index in [0.717, 1.165) is 33.9 Å². The van der Waals surface area contributed by atoms with Crippen molar-refractivity contribution in [1.29, 1.82) is 0 Å². The molecule has 33 heavy (non-hydrogen) atoms. The predicted octanol–water partition coefficient (Wildman–Crippen LogP) is 3.65. The van der Waals surface area contributed by atoms with Crippen molar-refractivity contribution in [3.8, 4) is 22.7 Å². The van der Waals surface area contributed by atoms with Gasteiger partial charge in [0.05, 0.1) is 18.5 Å². The molecule has 0 aliphatic carbocycles. The van der Waals surface area contributed by atoms with Crippen LogP contribution < -0.4 is 20.8 Å². The van der Waals surface area contributed by atoms with E-state index < -0.39 is 11.4 Å². The molecule has 0 radical (unpaired) electrons. The highest BCUT2D eigenvalue weighted by molar-refractivity contribution is 7.21. The molecular formula is C24H19N4O4S+. The summed E-state index contributed by atoms with van der Waals surface area (Å²) in [6.45, 7) is 1.95. The van der Waals surface area contributed by atoms with Gasteiger partial charge in [0.15, 0.2) is 0 Å². The average molecular weight is 460 g/mol. The molecule has 0 unspecified atom stereocenters. The molecule has 8 nitrogen and oxygen atoms in total. The third kappa shape index (κ3) is 3.58. The van der Waals surface area contributed by atoms with Gasteiger partial charge in [-0.25, -0.2) is 9.78 Å². The lowest BCUT2D eigenvalue weighted by atomic mass is 10.1. The number of H-pyrrole nitrogens is 1. The number of aromatic nitrogens is 3. The van der Waals surface area contributed by atoms with Gasteiger partial charge in [-0.1, -0.05) is 29.8 Å². The molecule has 0 spiro atoms. The first kappa shape index (κ1) is 20.7. The maximum absolute atomic E-state index is 13.4. The lowest BCUT2D eigenvalue weighted by molar-refractivity contribution is -0.672. The Morgan fingerprint density at radius 1 is 1.15 bits per heavy atom. The van der Waals surface area contributed by atoms with Gasteiger partial charge in [0.25, 0.3) is 5.78 Å². The molecule has 5 rings (SSSR count). The van der Waals surface area contributed by atoms with Crippen LogP contribution in [0.2, 0.25) is 0 Å². The molecule has 0 bridgehead atoms. The summed E-state index contributed by atoms with van der Waals surface area (Å²) < 4.78 is 11.5. The lowest BCUT2D eigenvalue weighted by Crippen LogP contribution is -2.41. The van der Waals surface area contributed by atoms with E-state index in [0.29, 0.717) is 15.9 Å². The fraction of sp³-hybridized carbons (Fsp3) is 0.0833. The molecule has 0 aliphatic rings. The van der Waals surface area contributed by atoms with Gasteiger partial charge < -0.3 is 10.5 Å². The van der Waals surface area contributed by atoms with E-state index in [2.05, 4.69) is 5.27 Å². The maximum atomic E-state index is 13.4. The van der Waals surface area contributed by atoms with Crippen LogP contribution in [0, 0.1) is 6.92 Å². The zero-order chi connectivity index (χ0) is 23.1. The summed E-state index contributed by atoms with van der Waals surface area (Å²) in [4.78, 5) is 31.3. The first-order chi connectivity index (χ1) is 16.0. The van der Waals surface area contributed by atoms with Gasteiger partial charge in [-0.3, -0.25) is 9.32 Å². The summed E-state index contributed by atoms with van der Waals surface area (Å²) in [7, 11) is 1.61. The molecule has 0 amide bonds. The minimum Gasteiger partial charge on any atom is -0.497 e. The number of hydrogen-bond acceptors (Lipinski definition) is 7. The van der Waals surface area contributed by atoms with Crippen molar-refractivity contribution in [2.24, 2.45) is 0 Å². The smallest absolute Gasteiger partial charge is 0.439 e. The standard InChI is InChI=1S/C24H18N4O4S/c1-13-6-8-15(9-7-13)28-20(24(30)32-27-28)21(29)22-19(25)17-10-11-18(26-23(17)33-22)14-4-3-5-16(12-14)31-2/h3-12H,1-2H3,(H2-,25,27,29,30)/p+1. The number of carbonyl (C=O) groups excluding carboxylic acids is 1. The predicted molar refractivity (Wildman–Crippen MR) is 125 cm³/mol. The number of hydrogen-bond donors (Lipinski definition) is 2. The third-order valence-electron chi connectivity index (χ3n) is 5.32. The molecule has 0 saturated carbocycles. The number of nitrogens with two attached hydrogens (primary N) is 1. The number of anilines is 1. The van der Waals surface area contributed by atoms with Crippen LogP contribution in [0.15, 0.2) is 70.0 Å². The minimum atomic E-state index is -0.776. The van der Waals surface area contributed by atoms with E-state index >= 15 is 0 Å². The summed E-state index contributed by atoms with van der Waals surface area (Å²) in [5.41, 5.74) is 8.89. The number of aryl methyl sites for hydroxylation is 1. The quantitative estimate of drug-likeness (QED) is 0.306. The Bertz CT molecular complexity index is 1560. The topological polar surface area (TPSA) is 115 Å². The molecule has 0 saturated heterocycles. The van der Waals surface area contributed by atoms with Crippen molar-refractivity contribution in [1.82, 2.24) is 10.3 Å². The van der Waals surface area contributed by atoms with E-state index in [9.17, 15) is 9.59 Å². The summed E-state index contributed by atoms with van der Waals surface area (Å²) in [5, 5.41) is 3.15. The van der Waals surface area contributed by atoms with Gasteiger partial charge in [0.2, 0.25) is 5.69 Å². The molecule has 2 aromatic carbocycles. The van der Waals surface area contributed by atoms with Crippen LogP contribution in [0.3, 0.4) is 0 Å². The Labute approximate surface area is 191 Å². The van der Waals surface area contributed by atoms with E-state index in [4.69, 9.17) is 20.0 Å². The number of thiophene rings is 1. The number of benzene rings is 2. The highest BCUT2D eigenvalue weighted by Crippen LogP contribution is 2.35. The van der Waals surface area contributed by atoms with Gasteiger partial charge in [-0.2, -0.15) is 0 Å². The van der Waals surface area contributed by atoms with Crippen LogP contribution >= 0.6 is 11.3 Å². The number of fused-ring (bicyclic) bond motifs is 1. The van der Waals surface area contributed by atoms with Crippen molar-refractivity contribution in [2.75, 3.05) is 12.8 Å². The molecule has 9 heteroatoms. The number of nitrogens with one attached hydrogen (secondary N) is 1. The van der Waals surface area contributed by atoms with Crippen molar-refractivity contribution in [3.05, 3.63) is 87.2 Å². The first-order valence-electron chi connectivity index (χ1n) is 10.0. The van der Waals surface area contributed by atoms with Gasteiger partial charge in [-0.05, 0) is 41.1 Å². The van der Waals surface area contributed by atoms with Crippen LogP contribution in [0.25, 0.3) is 27.2 Å². The van der Waals surface area contributed by atoms with E-state index in [1.54, 1.807) is 19.2 Å². The molecule has 0 aliphatic heterocycles. The SMILES string of the molecule is COc1cccc(-c2ccc3c(N)c(C(=O)c4c(=O)o[nH][n+]4-c4ccc(C)cc4)sc3n2)c1. The van der Waals surface area contributed by atoms with Gasteiger partial charge >= 0.3 is 11.3 Å². The number of nitrogens with zero attached hydrogens (tertiary/aromatic N) is 2. The zero-order valence-electron chi connectivity index (χ0n) is 17.8. The van der Waals surface area contributed by atoms with Gasteiger partial charge in [0.1, 0.15) is 15.5 Å². The number of ether oxygens (including phenoxy) is 1. The Kier molecular flexibility index (Phi) is 5.02. The second-order valence-corrected chi connectivity index (χ2v) is 8.45. The van der Waals surface area contributed by atoms with Crippen LogP contribution in [-0.2, 0) is 0 Å². The summed E-state index contributed by atoms with van der Waals surface area (Å²) in [5.74, 6) is 0.185. The number of nitrogen functional groups attached to an aromatic ring is 1. The fourth-order valence-corrected chi connectivity index (χ4v) is 4.59. The number of carbonyl (C=O) groups is 1. The molecule has 3 aromatic heterocycles. The summed E-state index contributed by atoms with van der Waals surface area (Å²) in [6.07, 6.45) is 0. The van der Waals surface area contributed by atoms with Crippen molar-refractivity contribution in [2.45, 2.75) is 6.92 Å². The lowest BCUT2D eigenvalue weighted by Gasteiger charge is -2.04. The Hall–Kier alpha value is -4.24. The van der Waals surface area contributed by atoms with Gasteiger partial charge in [-0.15, -0.1) is 11.3 Å². The number of aromatic amines is 1. The van der Waals surface area contributed by atoms with Gasteiger partial charge in [0, 0.05) is 23.1 Å². The van der Waals surface area contributed by atoms with Crippen LogP contribution in [0.5, 0.6) is 5.75 Å². The molecule has 164 valence electrons. The first-order valence-corrected chi connectivity index (χ1v) is 10.9. The largest absolute Gasteiger partial charge is 0.497 e. The van der Waals surface area contributed by atoms with E-state index in [-0.39, 0.29) is 16.3 Å². The molecule has 3 heterocycles. The average Bonchev–Trinajstić information content (AvgIpc) is 3.38. The van der Waals surface area contributed by atoms with Crippen molar-refractivity contribution < 1.29 is 18.7 Å². The monoisotopic (exact) mass is 459 g/mol. The molecule has 3 N–H and O–H groups in total. The van der Waals surface area contributed by atoms with Crippen LogP contribution in [0.1, 0.15) is 20.9 Å². The molecular weight excluding hydrogens is 440 g/mol. The highest BCUT2D eigenvalue weighted by Gasteiger charge is 2.34. The second kappa shape index (κ2) is 8.03. The Morgan fingerprint density at radius 3 is 2.70 bits per heavy atom. The van der Waals surface area contributed by atoms with E-state index in [1.165, 1.54) is 4.68 Å². The van der Waals surface area contributed by atoms with Crippen LogP contribution in [-0.4, -0.2) is 23.1 Å². The maximum Gasteiger partial charge on any atom is 0.439 e. The fourth-order valence-electron chi connectivity index (χ4n) is 3.56. The van der Waals surface area contributed by atoms with E-state index in [1.807, 2.05) is 55.5 Å². The Morgan fingerprint density at radius 2 is 1.94 bits per heavy atom. The molecule has 0 atom stereocenters. The van der Waals surface area contributed by atoms with Crippen molar-refractivity contribution in [3.63, 3.8) is 0 Å². The van der Waals surface area contributed by atoms with Crippen molar-refractivity contribution >= 4 is 33.0 Å². The third-order valence-corrected chi connectivity index (χ3v) is 6.43. The second-order valence-electron chi connectivity index (χ2n) is 7.46. The number of rotatable bonds is 5. The number of pyridine rings is 1. The summed E-state index contributed by atoms with van der Waals surface area (Å²) in [6, 6.07) is 18.5. The van der Waals surface area contributed by atoms with Crippen LogP contribution in [0.4, 0.5) is 5.69 Å². The summed E-state index contributed by atoms with van der Waals surface area (Å²) >= 11 is 1.14. The Balaban J connectivity index is 1.59. The molecule has 0 fully saturated rings. The highest BCUT2D eigenvalue weighted by atomic mass is 32.1. The number of methoxy groups -OCH3 is 1. The normalized spacial score (nSPS) is 11.1. The zero-order valence-corrected chi connectivity index (χ0v) is 18.6. The number of ketones is 1. The molecule has 5 aromatic rings. The minimum absolute atomic E-state index is 0.162.